The lowest BCUT2D eigenvalue weighted by Gasteiger charge is -2.38. The zero-order valence-corrected chi connectivity index (χ0v) is 66.9. The van der Waals surface area contributed by atoms with E-state index >= 15 is 9.59 Å². The molecule has 1 saturated heterocycles. The lowest BCUT2D eigenvalue weighted by Crippen LogP contribution is -2.64. The molecule has 0 aliphatic carbocycles. The minimum Gasteiger partial charge on any atom is -0.480 e. The van der Waals surface area contributed by atoms with E-state index in [2.05, 4.69) is 69.1 Å². The molecule has 1 fully saturated rings. The molecule has 22 unspecified atom stereocenters. The lowest BCUT2D eigenvalue weighted by atomic mass is 9.92. The van der Waals surface area contributed by atoms with E-state index in [1.807, 2.05) is 10.6 Å². The van der Waals surface area contributed by atoms with Crippen molar-refractivity contribution in [1.82, 2.24) is 68.4 Å². The fourth-order valence-corrected chi connectivity index (χ4v) is 13.3. The molecule has 0 saturated carbocycles. The van der Waals surface area contributed by atoms with Crippen molar-refractivity contribution >= 4 is 111 Å². The molecule has 0 radical (unpaired) electrons. The first kappa shape index (κ1) is 96.5. The number of nitrogens with two attached hydrogens (primary N) is 2. The van der Waals surface area contributed by atoms with E-state index in [9.17, 15) is 124 Å². The molecule has 121 heavy (non-hydrogen) atoms. The number of aliphatic hydroxyl groups is 11. The number of β-amino-alcohol motifs (C(OH)–C–C–N with tert-alkyl or cyclic N) is 1. The van der Waals surface area contributed by atoms with Crippen molar-refractivity contribution < 1.29 is 143 Å². The molecular weight excluding hydrogens is 1660 g/mol. The number of carbonyl (C=O) groups is 15. The summed E-state index contributed by atoms with van der Waals surface area (Å²) in [5.41, 5.74) is 12.3. The van der Waals surface area contributed by atoms with Gasteiger partial charge in [0.25, 0.3) is 5.91 Å². The first-order valence-corrected chi connectivity index (χ1v) is 38.6. The highest BCUT2D eigenvalue weighted by Gasteiger charge is 2.49. The van der Waals surface area contributed by atoms with Gasteiger partial charge in [-0.1, -0.05) is 119 Å². The van der Waals surface area contributed by atoms with Gasteiger partial charge in [-0.15, -0.1) is 0 Å². The van der Waals surface area contributed by atoms with Gasteiger partial charge in [0.15, 0.2) is 6.10 Å². The Morgan fingerprint density at radius 3 is 1.76 bits per heavy atom. The minimum atomic E-state index is -2.78. The topological polar surface area (TPSA) is 713 Å². The van der Waals surface area contributed by atoms with Gasteiger partial charge in [0.05, 0.1) is 63.6 Å². The molecule has 4 bridgehead atoms. The fraction of sp³-hybridized carbons (Fsp3) is 0.474. The number of allylic oxidation sites excluding steroid dienone is 2. The summed E-state index contributed by atoms with van der Waals surface area (Å²) in [6.45, 7) is -2.13. The van der Waals surface area contributed by atoms with Crippen LogP contribution in [0, 0.1) is 0 Å². The summed E-state index contributed by atoms with van der Waals surface area (Å²) in [7, 11) is 0. The van der Waals surface area contributed by atoms with E-state index in [1.165, 1.54) is 56.3 Å². The Morgan fingerprint density at radius 2 is 1.15 bits per heavy atom. The van der Waals surface area contributed by atoms with E-state index < -0.39 is 299 Å². The molecule has 3 aliphatic heterocycles. The number of halogens is 1. The number of aliphatic hydroxyl groups excluding tert-OH is 11. The number of hydrogen-bond acceptors (Lipinski definition) is 27. The Bertz CT molecular complexity index is 4430. The number of carbonyl (C=O) groups excluding carboxylic acids is 14. The Hall–Kier alpha value is -11.6. The molecule has 45 heteroatoms. The average Bonchev–Trinajstić information content (AvgIpc) is 1.72. The number of aromatic nitrogens is 2. The first-order chi connectivity index (χ1) is 57.2. The van der Waals surface area contributed by atoms with Crippen molar-refractivity contribution in [3.05, 3.63) is 142 Å². The highest BCUT2D eigenvalue weighted by molar-refractivity contribution is 9.10. The van der Waals surface area contributed by atoms with Crippen LogP contribution in [0.1, 0.15) is 81.0 Å². The number of amides is 14. The molecule has 658 valence electrons. The second kappa shape index (κ2) is 45.2. The maximum Gasteiger partial charge on any atom is 0.326 e. The summed E-state index contributed by atoms with van der Waals surface area (Å²) in [6, 6.07) is -1.43. The van der Waals surface area contributed by atoms with Crippen molar-refractivity contribution in [2.24, 2.45) is 11.5 Å². The van der Waals surface area contributed by atoms with Crippen LogP contribution in [0.2, 0.25) is 0 Å². The van der Waals surface area contributed by atoms with Crippen LogP contribution in [0.15, 0.2) is 120 Å². The van der Waals surface area contributed by atoms with Gasteiger partial charge in [-0.05, 0) is 42.7 Å². The van der Waals surface area contributed by atoms with Gasteiger partial charge >= 0.3 is 5.97 Å². The number of nitrogens with one attached hydrogen (secondary N) is 12. The lowest BCUT2D eigenvalue weighted by molar-refractivity contribution is -0.783. The van der Waals surface area contributed by atoms with E-state index in [4.69, 9.17) is 16.2 Å². The largest absolute Gasteiger partial charge is 0.480 e. The van der Waals surface area contributed by atoms with Crippen LogP contribution in [-0.2, 0) is 96.0 Å². The molecule has 4 aromatic rings. The first-order valence-electron chi connectivity index (χ1n) is 37.8. The number of carboxylic acid groups (broad SMARTS) is 1. The minimum absolute atomic E-state index is 0.261. The molecule has 1 aromatic heterocycles. The molecule has 3 aromatic carbocycles. The number of primary amides is 2. The van der Waals surface area contributed by atoms with Crippen molar-refractivity contribution in [2.75, 3.05) is 26.4 Å². The molecular formula is C76H100BrN16O28+. The molecule has 44 nitrogen and oxygen atoms in total. The van der Waals surface area contributed by atoms with E-state index in [0.717, 1.165) is 28.6 Å². The van der Waals surface area contributed by atoms with E-state index in [0.29, 0.717) is 21.2 Å². The van der Waals surface area contributed by atoms with Gasteiger partial charge < -0.3 is 141 Å². The molecule has 4 heterocycles. The number of aliphatic carboxylic acids is 1. The molecule has 0 spiro atoms. The highest BCUT2D eigenvalue weighted by atomic mass is 79.9. The SMILES string of the molecule is CC(C=Cc1ccccc1)=CC(O)C1CC(=O)NC(CO)C(=O)NC2Cn3cc([n+](C4OC(CO)C(O)C(O)C4O)c3)CC(NC(=O)CC(O)CC(C(=O)O)NC(=O)C(O)CNC(=O)C(C(C)c3ccc(Br)cc3)NC(=O)C(C(O)C(N)=O)NC(=O)C(CC(N)=O)NC2=O)C(=O)NC(C(C)O)C(=O)NC(CO)C(=O)NC(Cc2ccccc2)C(=O)N1. The van der Waals surface area contributed by atoms with Crippen LogP contribution in [0.25, 0.3) is 6.08 Å². The van der Waals surface area contributed by atoms with Gasteiger partial charge in [0, 0.05) is 36.1 Å². The van der Waals surface area contributed by atoms with Crippen molar-refractivity contribution in [1.29, 1.82) is 0 Å². The number of fused-ring (bicyclic) bond motifs is 2. The number of nitrogens with zero attached hydrogens (tertiary/aromatic N) is 2. The van der Waals surface area contributed by atoms with Crippen LogP contribution in [0.3, 0.4) is 0 Å². The fourth-order valence-electron chi connectivity index (χ4n) is 13.0. The summed E-state index contributed by atoms with van der Waals surface area (Å²) < 4.78 is 8.15. The predicted octanol–water partition coefficient (Wildman–Crippen LogP) is -11.3. The average molecular weight is 1770 g/mol. The highest BCUT2D eigenvalue weighted by Crippen LogP contribution is 2.27. The van der Waals surface area contributed by atoms with Gasteiger partial charge in [-0.2, -0.15) is 0 Å². The summed E-state index contributed by atoms with van der Waals surface area (Å²) in [6.07, 6.45) is -21.6. The van der Waals surface area contributed by atoms with Gasteiger partial charge in [-0.3, -0.25) is 67.1 Å². The summed E-state index contributed by atoms with van der Waals surface area (Å²) in [4.78, 5) is 215. The van der Waals surface area contributed by atoms with E-state index in [1.54, 1.807) is 60.7 Å². The number of ether oxygens (including phenoxy) is 1. The monoisotopic (exact) mass is 1760 g/mol. The normalized spacial score (nSPS) is 28.8. The molecule has 7 rings (SSSR count). The summed E-state index contributed by atoms with van der Waals surface area (Å²) in [5, 5.41) is 160. The number of imidazole rings is 1. The molecule has 22 atom stereocenters. The molecule has 28 N–H and O–H groups in total. The quantitative estimate of drug-likeness (QED) is 0.0325. The summed E-state index contributed by atoms with van der Waals surface area (Å²) in [5.74, 6) is -23.7. The zero-order chi connectivity index (χ0) is 89.4. The van der Waals surface area contributed by atoms with Crippen molar-refractivity contribution in [2.45, 2.75) is 199 Å². The Balaban J connectivity index is 1.46. The van der Waals surface area contributed by atoms with Gasteiger partial charge in [0.1, 0.15) is 109 Å². The Morgan fingerprint density at radius 1 is 0.587 bits per heavy atom. The standard InChI is InChI=1S/C76H99BrN16O28/c1-34(14-15-37-10-6-4-7-11-37)20-51(99)43-26-56(103)82-49(30-94)69(113)87-48-29-92-28-41(93(33-92)75-63(107)62(106)60(104)53(32-96)121-75)22-45(66(110)90-58(36(3)97)73(117)88-50(31-95)70(114)84-44(65(109)83-43)21-38-12-8-5-9-13-38)81-55(102)24-42(98)23-47(76(119)120)86-71(115)52(100)27-80-72(116)57(35(2)39-16-18-40(77)19-17-39)89-74(118)59(61(105)64(79)108)91-67(111)46(25-54(78)101)85-68(48)112/h4-20,28,33,35-36,42-53,57-63,75,94-100,104-107H,21-27,29-32H2,1-3H3,(H16-,78,79,80,81,82,83,84,85,86,87,88,89,90,91,101,102,103,108,109,110,111,112,113,114,115,116,117,118,119,120)/p+1. The van der Waals surface area contributed by atoms with Crippen LogP contribution in [0.4, 0.5) is 0 Å². The third-order valence-electron chi connectivity index (χ3n) is 19.7. The molecule has 14 amide bonds. The summed E-state index contributed by atoms with van der Waals surface area (Å²) >= 11 is 3.28. The predicted molar refractivity (Wildman–Crippen MR) is 418 cm³/mol. The maximum absolute atomic E-state index is 15.4. The molecule has 3 aliphatic rings. The van der Waals surface area contributed by atoms with Crippen LogP contribution in [-0.4, -0.2) is 302 Å². The van der Waals surface area contributed by atoms with Crippen molar-refractivity contribution in [3.63, 3.8) is 0 Å². The third-order valence-corrected chi connectivity index (χ3v) is 20.2. The second-order valence-electron chi connectivity index (χ2n) is 29.1. The van der Waals surface area contributed by atoms with Crippen LogP contribution < -0.4 is 79.8 Å². The Kier molecular flexibility index (Phi) is 36.0. The van der Waals surface area contributed by atoms with Crippen molar-refractivity contribution in [3.8, 4) is 0 Å². The van der Waals surface area contributed by atoms with Crippen LogP contribution >= 0.6 is 15.9 Å². The Labute approximate surface area is 697 Å². The van der Waals surface area contributed by atoms with E-state index in [-0.39, 0.29) is 5.56 Å². The third kappa shape index (κ3) is 27.7. The number of carboxylic acids is 1. The number of rotatable bonds is 18. The smallest absolute Gasteiger partial charge is 0.326 e. The van der Waals surface area contributed by atoms with Gasteiger partial charge in [0.2, 0.25) is 89.3 Å². The zero-order valence-electron chi connectivity index (χ0n) is 65.3. The number of hydrogen-bond donors (Lipinski definition) is 26. The second-order valence-corrected chi connectivity index (χ2v) is 30.0. The van der Waals surface area contributed by atoms with Crippen LogP contribution in [0.5, 0.6) is 0 Å². The maximum atomic E-state index is 15.4. The number of benzene rings is 3. The van der Waals surface area contributed by atoms with Gasteiger partial charge in [-0.25, -0.2) is 13.9 Å².